The maximum absolute atomic E-state index is 12.3. The molecule has 86 valence electrons. The Bertz CT molecular complexity index is 268. The van der Waals surface area contributed by atoms with Gasteiger partial charge in [0.1, 0.15) is 12.3 Å². The monoisotopic (exact) mass is 215 g/mol. The van der Waals surface area contributed by atoms with Crippen LogP contribution in [0.15, 0.2) is 11.6 Å². The highest BCUT2D eigenvalue weighted by Gasteiger charge is 2.23. The summed E-state index contributed by atoms with van der Waals surface area (Å²) in [6.45, 7) is 6.08. The Balaban J connectivity index is 2.47. The minimum Gasteiger partial charge on any atom is -0.444 e. The van der Waals surface area contributed by atoms with Gasteiger partial charge in [-0.25, -0.2) is 9.18 Å². The van der Waals surface area contributed by atoms with Gasteiger partial charge in [0.25, 0.3) is 0 Å². The van der Waals surface area contributed by atoms with E-state index in [1.165, 1.54) is 0 Å². The number of amides is 1. The second-order valence-electron chi connectivity index (χ2n) is 4.67. The van der Waals surface area contributed by atoms with Crippen molar-refractivity contribution in [3.63, 3.8) is 0 Å². The van der Waals surface area contributed by atoms with Gasteiger partial charge in [-0.05, 0) is 32.8 Å². The summed E-state index contributed by atoms with van der Waals surface area (Å²) in [6, 6.07) is 0. The van der Waals surface area contributed by atoms with Gasteiger partial charge in [0.15, 0.2) is 0 Å². The van der Waals surface area contributed by atoms with E-state index in [9.17, 15) is 9.18 Å². The Kier molecular flexibility index (Phi) is 3.72. The standard InChI is InChI=1S/C11H18FNO2/c1-11(2,3)15-10(14)13-6-4-9(8-12)5-7-13/h4H,5-8H2,1-3H3. The number of ether oxygens (including phenoxy) is 1. The van der Waals surface area contributed by atoms with Gasteiger partial charge in [-0.15, -0.1) is 0 Å². The quantitative estimate of drug-likeness (QED) is 0.629. The number of rotatable bonds is 1. The number of alkyl halides is 1. The molecule has 3 nitrogen and oxygen atoms in total. The van der Waals surface area contributed by atoms with E-state index >= 15 is 0 Å². The summed E-state index contributed by atoms with van der Waals surface area (Å²) in [4.78, 5) is 13.2. The Labute approximate surface area is 89.9 Å². The van der Waals surface area contributed by atoms with E-state index in [4.69, 9.17) is 4.74 Å². The van der Waals surface area contributed by atoms with E-state index in [1.54, 1.807) is 11.0 Å². The fourth-order valence-electron chi connectivity index (χ4n) is 1.32. The second kappa shape index (κ2) is 4.64. The molecule has 0 aromatic carbocycles. The minimum absolute atomic E-state index is 0.323. The van der Waals surface area contributed by atoms with Crippen LogP contribution in [-0.2, 0) is 4.74 Å². The average Bonchev–Trinajstić information content (AvgIpc) is 2.15. The Morgan fingerprint density at radius 2 is 2.27 bits per heavy atom. The fourth-order valence-corrected chi connectivity index (χ4v) is 1.32. The van der Waals surface area contributed by atoms with Crippen molar-refractivity contribution in [2.45, 2.75) is 32.8 Å². The molecule has 0 aliphatic carbocycles. The van der Waals surface area contributed by atoms with E-state index in [-0.39, 0.29) is 6.09 Å². The van der Waals surface area contributed by atoms with Crippen molar-refractivity contribution in [3.05, 3.63) is 11.6 Å². The highest BCUT2D eigenvalue weighted by molar-refractivity contribution is 5.68. The van der Waals surface area contributed by atoms with Gasteiger partial charge in [-0.1, -0.05) is 6.08 Å². The molecule has 0 aromatic heterocycles. The smallest absolute Gasteiger partial charge is 0.410 e. The normalized spacial score (nSPS) is 17.3. The number of hydrogen-bond acceptors (Lipinski definition) is 2. The van der Waals surface area contributed by atoms with Crippen molar-refractivity contribution in [2.24, 2.45) is 0 Å². The Morgan fingerprint density at radius 3 is 2.67 bits per heavy atom. The lowest BCUT2D eigenvalue weighted by molar-refractivity contribution is 0.0265. The summed E-state index contributed by atoms with van der Waals surface area (Å²) >= 11 is 0. The minimum atomic E-state index is -0.471. The van der Waals surface area contributed by atoms with Crippen LogP contribution in [0.1, 0.15) is 27.2 Å². The van der Waals surface area contributed by atoms with Crippen molar-refractivity contribution in [1.82, 2.24) is 4.90 Å². The molecular formula is C11H18FNO2. The molecular weight excluding hydrogens is 197 g/mol. The van der Waals surface area contributed by atoms with Crippen LogP contribution >= 0.6 is 0 Å². The molecule has 0 unspecified atom stereocenters. The lowest BCUT2D eigenvalue weighted by Gasteiger charge is -2.29. The molecule has 0 N–H and O–H groups in total. The molecule has 15 heavy (non-hydrogen) atoms. The average molecular weight is 215 g/mol. The predicted molar refractivity (Wildman–Crippen MR) is 56.5 cm³/mol. The second-order valence-corrected chi connectivity index (χ2v) is 4.67. The number of halogens is 1. The van der Waals surface area contributed by atoms with E-state index in [0.29, 0.717) is 19.5 Å². The molecule has 0 aromatic rings. The van der Waals surface area contributed by atoms with Crippen LogP contribution in [0.2, 0.25) is 0 Å². The van der Waals surface area contributed by atoms with Crippen molar-refractivity contribution >= 4 is 6.09 Å². The van der Waals surface area contributed by atoms with Crippen LogP contribution in [0.25, 0.3) is 0 Å². The summed E-state index contributed by atoms with van der Waals surface area (Å²) in [6.07, 6.45) is 2.04. The van der Waals surface area contributed by atoms with Gasteiger partial charge in [-0.2, -0.15) is 0 Å². The van der Waals surface area contributed by atoms with Gasteiger partial charge < -0.3 is 9.64 Å². The lowest BCUT2D eigenvalue weighted by atomic mass is 10.1. The highest BCUT2D eigenvalue weighted by atomic mass is 19.1. The molecule has 1 heterocycles. The van der Waals surface area contributed by atoms with Crippen LogP contribution in [0.4, 0.5) is 9.18 Å². The van der Waals surface area contributed by atoms with Crippen molar-refractivity contribution in [3.8, 4) is 0 Å². The zero-order valence-corrected chi connectivity index (χ0v) is 9.55. The fraction of sp³-hybridized carbons (Fsp3) is 0.727. The summed E-state index contributed by atoms with van der Waals surface area (Å²) < 4.78 is 17.5. The largest absolute Gasteiger partial charge is 0.444 e. The van der Waals surface area contributed by atoms with Crippen molar-refractivity contribution in [2.75, 3.05) is 19.8 Å². The van der Waals surface area contributed by atoms with Crippen molar-refractivity contribution in [1.29, 1.82) is 0 Å². The lowest BCUT2D eigenvalue weighted by Crippen LogP contribution is -2.39. The van der Waals surface area contributed by atoms with Gasteiger partial charge in [0, 0.05) is 13.1 Å². The first-order valence-corrected chi connectivity index (χ1v) is 5.14. The van der Waals surface area contributed by atoms with Gasteiger partial charge >= 0.3 is 6.09 Å². The first-order chi connectivity index (χ1) is 6.92. The molecule has 0 saturated heterocycles. The molecule has 1 aliphatic rings. The SMILES string of the molecule is CC(C)(C)OC(=O)N1CC=C(CF)CC1. The summed E-state index contributed by atoms with van der Waals surface area (Å²) in [7, 11) is 0. The number of carbonyl (C=O) groups excluding carboxylic acids is 1. The van der Waals surface area contributed by atoms with Crippen LogP contribution in [0.3, 0.4) is 0 Å². The molecule has 0 radical (unpaired) electrons. The summed E-state index contributed by atoms with van der Waals surface area (Å²) in [5.74, 6) is 0. The first kappa shape index (κ1) is 12.0. The van der Waals surface area contributed by atoms with Crippen LogP contribution in [0.5, 0.6) is 0 Å². The summed E-state index contributed by atoms with van der Waals surface area (Å²) in [5.41, 5.74) is 0.302. The molecule has 0 saturated carbocycles. The third-order valence-electron chi connectivity index (χ3n) is 2.13. The molecule has 0 spiro atoms. The third kappa shape index (κ3) is 3.90. The Hall–Kier alpha value is -1.06. The zero-order valence-electron chi connectivity index (χ0n) is 9.55. The molecule has 0 atom stereocenters. The van der Waals surface area contributed by atoms with E-state index in [0.717, 1.165) is 5.57 Å². The van der Waals surface area contributed by atoms with Gasteiger partial charge in [0.2, 0.25) is 0 Å². The summed E-state index contributed by atoms with van der Waals surface area (Å²) in [5, 5.41) is 0. The molecule has 0 bridgehead atoms. The van der Waals surface area contributed by atoms with Gasteiger partial charge in [0.05, 0.1) is 0 Å². The molecule has 0 fully saturated rings. The molecule has 1 aliphatic heterocycles. The number of nitrogens with zero attached hydrogens (tertiary/aromatic N) is 1. The number of carbonyl (C=O) groups is 1. The Morgan fingerprint density at radius 1 is 1.60 bits per heavy atom. The molecule has 1 rings (SSSR count). The van der Waals surface area contributed by atoms with Crippen LogP contribution in [-0.4, -0.2) is 36.4 Å². The maximum atomic E-state index is 12.3. The topological polar surface area (TPSA) is 29.5 Å². The number of hydrogen-bond donors (Lipinski definition) is 0. The van der Waals surface area contributed by atoms with E-state index < -0.39 is 12.3 Å². The third-order valence-corrected chi connectivity index (χ3v) is 2.13. The predicted octanol–water partition coefficient (Wildman–Crippen LogP) is 2.52. The maximum Gasteiger partial charge on any atom is 0.410 e. The van der Waals surface area contributed by atoms with E-state index in [2.05, 4.69) is 0 Å². The molecule has 4 heteroatoms. The van der Waals surface area contributed by atoms with Crippen LogP contribution in [0, 0.1) is 0 Å². The highest BCUT2D eigenvalue weighted by Crippen LogP contribution is 2.15. The first-order valence-electron chi connectivity index (χ1n) is 5.14. The van der Waals surface area contributed by atoms with Crippen molar-refractivity contribution < 1.29 is 13.9 Å². The zero-order chi connectivity index (χ0) is 11.5. The van der Waals surface area contributed by atoms with Gasteiger partial charge in [-0.3, -0.25) is 0 Å². The van der Waals surface area contributed by atoms with E-state index in [1.807, 2.05) is 20.8 Å². The van der Waals surface area contributed by atoms with Crippen LogP contribution < -0.4 is 0 Å². The molecule has 1 amide bonds.